The molecule has 4 aromatic carbocycles. The minimum atomic E-state index is -0.927. The third-order valence-corrected chi connectivity index (χ3v) is 6.45. The van der Waals surface area contributed by atoms with E-state index in [9.17, 15) is 29.4 Å². The number of methoxy groups -OCH3 is 4. The topological polar surface area (TPSA) is 146 Å². The molecule has 0 unspecified atom stereocenters. The van der Waals surface area contributed by atoms with Crippen molar-refractivity contribution >= 4 is 23.1 Å². The van der Waals surface area contributed by atoms with Crippen LogP contribution >= 0.6 is 0 Å². The highest BCUT2D eigenvalue weighted by molar-refractivity contribution is 6.50. The molecule has 10 heteroatoms. The van der Waals surface area contributed by atoms with Crippen LogP contribution in [0.1, 0.15) is 41.4 Å². The van der Waals surface area contributed by atoms with Gasteiger partial charge < -0.3 is 29.2 Å². The van der Waals surface area contributed by atoms with E-state index < -0.39 is 23.1 Å². The van der Waals surface area contributed by atoms with Gasteiger partial charge in [0.25, 0.3) is 0 Å². The first-order valence-corrected chi connectivity index (χ1v) is 12.4. The second kappa shape index (κ2) is 12.3. The highest BCUT2D eigenvalue weighted by Gasteiger charge is 2.28. The molecule has 2 N–H and O–H groups in total. The SMILES string of the molecule is COc1cc(OC)c(-c2cc(C(=O)C(=O)c3cccc(O)c3)c(OC)cc2OC)cc1C(=O)C(=O)c1cccc(O)c1. The summed E-state index contributed by atoms with van der Waals surface area (Å²) >= 11 is 0. The van der Waals surface area contributed by atoms with Gasteiger partial charge in [-0.05, 0) is 36.4 Å². The van der Waals surface area contributed by atoms with Gasteiger partial charge >= 0.3 is 0 Å². The number of aromatic hydroxyl groups is 2. The molecule has 0 aliphatic heterocycles. The fourth-order valence-electron chi connectivity index (χ4n) is 4.37. The Balaban J connectivity index is 1.90. The lowest BCUT2D eigenvalue weighted by molar-refractivity contribution is 0.0815. The maximum atomic E-state index is 13.4. The molecule has 4 rings (SSSR count). The molecule has 0 fully saturated rings. The van der Waals surface area contributed by atoms with Gasteiger partial charge in [-0.15, -0.1) is 0 Å². The van der Waals surface area contributed by atoms with Gasteiger partial charge in [-0.1, -0.05) is 24.3 Å². The maximum absolute atomic E-state index is 13.4. The van der Waals surface area contributed by atoms with Gasteiger partial charge in [0.05, 0.1) is 39.6 Å². The molecule has 0 amide bonds. The summed E-state index contributed by atoms with van der Waals surface area (Å²) in [6.45, 7) is 0. The quantitative estimate of drug-likeness (QED) is 0.188. The summed E-state index contributed by atoms with van der Waals surface area (Å²) in [5.74, 6) is -3.52. The standard InChI is InChI=1S/C32H26O10/c1-39-25-15-27(41-3)23(31(37)29(35)17-7-5-9-19(33)11-17)13-21(25)22-14-24(28(42-4)16-26(22)40-2)32(38)30(36)18-8-6-10-20(34)12-18/h5-16,33-34H,1-4H3. The van der Waals surface area contributed by atoms with E-state index >= 15 is 0 Å². The Bertz CT molecular complexity index is 1590. The van der Waals surface area contributed by atoms with E-state index in [0.717, 1.165) is 0 Å². The zero-order chi connectivity index (χ0) is 30.6. The Morgan fingerprint density at radius 2 is 0.833 bits per heavy atom. The predicted molar refractivity (Wildman–Crippen MR) is 152 cm³/mol. The first-order chi connectivity index (χ1) is 20.1. The van der Waals surface area contributed by atoms with Crippen LogP contribution in [0, 0.1) is 0 Å². The molecular weight excluding hydrogens is 544 g/mol. The second-order valence-electron chi connectivity index (χ2n) is 8.92. The number of phenolic OH excluding ortho intramolecular Hbond substituents is 2. The van der Waals surface area contributed by atoms with Crippen molar-refractivity contribution in [2.75, 3.05) is 28.4 Å². The van der Waals surface area contributed by atoms with Gasteiger partial charge in [0, 0.05) is 34.4 Å². The summed E-state index contributed by atoms with van der Waals surface area (Å²) in [5.41, 5.74) is 0.179. The Kier molecular flexibility index (Phi) is 8.56. The smallest absolute Gasteiger partial charge is 0.237 e. The molecule has 10 nitrogen and oxygen atoms in total. The van der Waals surface area contributed by atoms with E-state index in [1.165, 1.54) is 101 Å². The first kappa shape index (κ1) is 29.3. The summed E-state index contributed by atoms with van der Waals surface area (Å²) in [7, 11) is 5.40. The molecule has 4 aromatic rings. The van der Waals surface area contributed by atoms with Crippen molar-refractivity contribution in [2.45, 2.75) is 0 Å². The molecule has 0 aromatic heterocycles. The Morgan fingerprint density at radius 1 is 0.476 bits per heavy atom. The number of phenols is 2. The van der Waals surface area contributed by atoms with Crippen LogP contribution in [0.25, 0.3) is 11.1 Å². The van der Waals surface area contributed by atoms with Crippen LogP contribution < -0.4 is 18.9 Å². The number of ether oxygens (including phenoxy) is 4. The summed E-state index contributed by atoms with van der Waals surface area (Å²) in [6, 6.07) is 16.3. The number of carbonyl (C=O) groups is 4. The van der Waals surface area contributed by atoms with Crippen LogP contribution in [-0.4, -0.2) is 61.8 Å². The van der Waals surface area contributed by atoms with Gasteiger partial charge in [0.15, 0.2) is 0 Å². The Morgan fingerprint density at radius 3 is 1.14 bits per heavy atom. The normalized spacial score (nSPS) is 10.5. The maximum Gasteiger partial charge on any atom is 0.237 e. The monoisotopic (exact) mass is 570 g/mol. The number of rotatable bonds is 11. The number of hydrogen-bond acceptors (Lipinski definition) is 10. The van der Waals surface area contributed by atoms with Crippen LogP contribution in [0.4, 0.5) is 0 Å². The zero-order valence-corrected chi connectivity index (χ0v) is 23.1. The molecule has 0 saturated carbocycles. The average molecular weight is 571 g/mol. The largest absolute Gasteiger partial charge is 0.508 e. The lowest BCUT2D eigenvalue weighted by Crippen LogP contribution is -2.16. The van der Waals surface area contributed by atoms with Crippen LogP contribution in [0.3, 0.4) is 0 Å². The summed E-state index contributed by atoms with van der Waals surface area (Å²) < 4.78 is 21.9. The molecule has 214 valence electrons. The third kappa shape index (κ3) is 5.64. The zero-order valence-electron chi connectivity index (χ0n) is 23.1. The van der Waals surface area contributed by atoms with Gasteiger partial charge in [0.2, 0.25) is 23.1 Å². The van der Waals surface area contributed by atoms with E-state index in [0.29, 0.717) is 0 Å². The molecule has 0 aliphatic carbocycles. The summed E-state index contributed by atoms with van der Waals surface area (Å²) in [6.07, 6.45) is 0. The highest BCUT2D eigenvalue weighted by atomic mass is 16.5. The van der Waals surface area contributed by atoms with Crippen LogP contribution in [0.15, 0.2) is 72.8 Å². The van der Waals surface area contributed by atoms with Gasteiger partial charge in [-0.25, -0.2) is 0 Å². The molecule has 0 saturated heterocycles. The first-order valence-electron chi connectivity index (χ1n) is 12.4. The number of carbonyl (C=O) groups excluding carboxylic acids is 4. The number of Topliss-reactive ketones (excluding diaryl/α,β-unsaturated/α-hetero) is 4. The van der Waals surface area contributed by atoms with Crippen LogP contribution in [0.5, 0.6) is 34.5 Å². The van der Waals surface area contributed by atoms with Gasteiger partial charge in [-0.3, -0.25) is 19.2 Å². The van der Waals surface area contributed by atoms with Crippen molar-refractivity contribution in [1.82, 2.24) is 0 Å². The van der Waals surface area contributed by atoms with Crippen LogP contribution in [0.2, 0.25) is 0 Å². The molecule has 0 radical (unpaired) electrons. The van der Waals surface area contributed by atoms with Gasteiger partial charge in [0.1, 0.15) is 34.5 Å². The predicted octanol–water partition coefficient (Wildman–Crippen LogP) is 4.93. The van der Waals surface area contributed by atoms with Crippen molar-refractivity contribution in [3.8, 4) is 45.6 Å². The van der Waals surface area contributed by atoms with E-state index in [1.807, 2.05) is 0 Å². The van der Waals surface area contributed by atoms with E-state index in [-0.39, 0.29) is 67.9 Å². The lowest BCUT2D eigenvalue weighted by Gasteiger charge is -2.18. The fourth-order valence-corrected chi connectivity index (χ4v) is 4.37. The molecular formula is C32H26O10. The second-order valence-corrected chi connectivity index (χ2v) is 8.92. The molecule has 42 heavy (non-hydrogen) atoms. The number of hydrogen-bond donors (Lipinski definition) is 2. The fraction of sp³-hybridized carbons (Fsp3) is 0.125. The van der Waals surface area contributed by atoms with Crippen LogP contribution in [-0.2, 0) is 0 Å². The summed E-state index contributed by atoms with van der Waals surface area (Å²) in [4.78, 5) is 52.9. The molecule has 0 bridgehead atoms. The number of ketones is 4. The highest BCUT2D eigenvalue weighted by Crippen LogP contribution is 2.43. The molecule has 0 atom stereocenters. The van der Waals surface area contributed by atoms with Crippen molar-refractivity contribution in [2.24, 2.45) is 0 Å². The van der Waals surface area contributed by atoms with Gasteiger partial charge in [-0.2, -0.15) is 0 Å². The van der Waals surface area contributed by atoms with E-state index in [1.54, 1.807) is 0 Å². The minimum Gasteiger partial charge on any atom is -0.508 e. The molecule has 0 spiro atoms. The third-order valence-electron chi connectivity index (χ3n) is 6.45. The van der Waals surface area contributed by atoms with Crippen molar-refractivity contribution in [1.29, 1.82) is 0 Å². The van der Waals surface area contributed by atoms with E-state index in [4.69, 9.17) is 18.9 Å². The summed E-state index contributed by atoms with van der Waals surface area (Å²) in [5, 5.41) is 19.6. The number of benzene rings is 4. The minimum absolute atomic E-state index is 0.0280. The lowest BCUT2D eigenvalue weighted by atomic mass is 9.92. The average Bonchev–Trinajstić information content (AvgIpc) is 3.01. The Labute approximate surface area is 240 Å². The van der Waals surface area contributed by atoms with Crippen molar-refractivity contribution < 1.29 is 48.3 Å². The molecule has 0 aliphatic rings. The van der Waals surface area contributed by atoms with Crippen molar-refractivity contribution in [3.63, 3.8) is 0 Å². The molecule has 0 heterocycles. The van der Waals surface area contributed by atoms with Crippen molar-refractivity contribution in [3.05, 3.63) is 95.1 Å². The Hall–Kier alpha value is -5.64. The van der Waals surface area contributed by atoms with E-state index in [2.05, 4.69) is 0 Å².